The van der Waals surface area contributed by atoms with Crippen LogP contribution >= 0.6 is 15.9 Å². The number of ether oxygens (including phenoxy) is 1. The first kappa shape index (κ1) is 13.2. The fraction of sp³-hybridized carbons (Fsp3) is 0.200. The highest BCUT2D eigenvalue weighted by Crippen LogP contribution is 2.27. The van der Waals surface area contributed by atoms with Gasteiger partial charge in [0.2, 0.25) is 10.0 Å². The lowest BCUT2D eigenvalue weighted by Gasteiger charge is -2.07. The molecule has 0 atom stereocenters. The van der Waals surface area contributed by atoms with Crippen LogP contribution in [-0.2, 0) is 10.0 Å². The van der Waals surface area contributed by atoms with Gasteiger partial charge in [-0.1, -0.05) is 6.08 Å². The van der Waals surface area contributed by atoms with Gasteiger partial charge in [0.05, 0.1) is 16.5 Å². The van der Waals surface area contributed by atoms with Crippen molar-refractivity contribution in [1.29, 1.82) is 0 Å². The molecular formula is C10H12BrNO3S. The van der Waals surface area contributed by atoms with Crippen LogP contribution in [0.3, 0.4) is 0 Å². The zero-order valence-corrected chi connectivity index (χ0v) is 11.1. The van der Waals surface area contributed by atoms with Gasteiger partial charge in [-0.2, -0.15) is 0 Å². The van der Waals surface area contributed by atoms with Gasteiger partial charge in [0.1, 0.15) is 5.75 Å². The first-order valence-corrected chi connectivity index (χ1v) is 6.73. The van der Waals surface area contributed by atoms with Crippen molar-refractivity contribution in [3.8, 4) is 5.75 Å². The van der Waals surface area contributed by atoms with E-state index in [2.05, 4.69) is 27.2 Å². The largest absolute Gasteiger partial charge is 0.496 e. The Kier molecular flexibility index (Phi) is 4.52. The summed E-state index contributed by atoms with van der Waals surface area (Å²) in [7, 11) is -1.96. The summed E-state index contributed by atoms with van der Waals surface area (Å²) in [4.78, 5) is 0.182. The van der Waals surface area contributed by atoms with Gasteiger partial charge < -0.3 is 4.74 Å². The highest BCUT2D eigenvalue weighted by Gasteiger charge is 2.14. The van der Waals surface area contributed by atoms with Gasteiger partial charge >= 0.3 is 0 Å². The topological polar surface area (TPSA) is 55.4 Å². The van der Waals surface area contributed by atoms with Crippen LogP contribution in [0.2, 0.25) is 0 Å². The molecule has 1 rings (SSSR count). The molecule has 0 saturated heterocycles. The molecule has 1 N–H and O–H groups in total. The molecule has 6 heteroatoms. The quantitative estimate of drug-likeness (QED) is 0.846. The number of hydrogen-bond acceptors (Lipinski definition) is 3. The average Bonchev–Trinajstić information content (AvgIpc) is 2.26. The van der Waals surface area contributed by atoms with E-state index in [1.165, 1.54) is 25.3 Å². The first-order chi connectivity index (χ1) is 7.51. The van der Waals surface area contributed by atoms with Crippen LogP contribution in [0.25, 0.3) is 0 Å². The molecule has 0 heterocycles. The summed E-state index contributed by atoms with van der Waals surface area (Å²) in [6.45, 7) is 3.65. The summed E-state index contributed by atoms with van der Waals surface area (Å²) in [5.74, 6) is 0.586. The van der Waals surface area contributed by atoms with E-state index in [-0.39, 0.29) is 11.4 Å². The molecule has 0 aliphatic carbocycles. The number of halogens is 1. The van der Waals surface area contributed by atoms with Gasteiger partial charge in [0.15, 0.2) is 0 Å². The Morgan fingerprint density at radius 1 is 1.56 bits per heavy atom. The molecule has 0 aliphatic rings. The number of methoxy groups -OCH3 is 1. The Morgan fingerprint density at radius 2 is 2.25 bits per heavy atom. The third-order valence-electron chi connectivity index (χ3n) is 1.85. The maximum Gasteiger partial charge on any atom is 0.240 e. The second kappa shape index (κ2) is 5.47. The van der Waals surface area contributed by atoms with Gasteiger partial charge in [-0.25, -0.2) is 13.1 Å². The lowest BCUT2D eigenvalue weighted by atomic mass is 10.3. The molecule has 0 fully saturated rings. The molecule has 0 saturated carbocycles. The molecule has 4 nitrogen and oxygen atoms in total. The van der Waals surface area contributed by atoms with Crippen molar-refractivity contribution in [2.24, 2.45) is 0 Å². The number of hydrogen-bond donors (Lipinski definition) is 1. The lowest BCUT2D eigenvalue weighted by Crippen LogP contribution is -2.23. The summed E-state index contributed by atoms with van der Waals surface area (Å²) in [6, 6.07) is 4.56. The van der Waals surface area contributed by atoms with E-state index in [4.69, 9.17) is 4.74 Å². The van der Waals surface area contributed by atoms with E-state index in [9.17, 15) is 8.42 Å². The fourth-order valence-corrected chi connectivity index (χ4v) is 2.78. The van der Waals surface area contributed by atoms with E-state index in [1.807, 2.05) is 0 Å². The maximum atomic E-state index is 11.7. The monoisotopic (exact) mass is 305 g/mol. The van der Waals surface area contributed by atoms with Crippen LogP contribution < -0.4 is 9.46 Å². The zero-order chi connectivity index (χ0) is 12.2. The second-order valence-electron chi connectivity index (χ2n) is 2.94. The van der Waals surface area contributed by atoms with Crippen molar-refractivity contribution in [1.82, 2.24) is 4.72 Å². The van der Waals surface area contributed by atoms with E-state index >= 15 is 0 Å². The van der Waals surface area contributed by atoms with Gasteiger partial charge in [-0.15, -0.1) is 6.58 Å². The van der Waals surface area contributed by atoms with E-state index < -0.39 is 10.0 Å². The Morgan fingerprint density at radius 3 is 2.75 bits per heavy atom. The van der Waals surface area contributed by atoms with Crippen molar-refractivity contribution in [3.63, 3.8) is 0 Å². The normalized spacial score (nSPS) is 11.1. The molecule has 0 aromatic heterocycles. The van der Waals surface area contributed by atoms with E-state index in [1.54, 1.807) is 6.07 Å². The van der Waals surface area contributed by atoms with Crippen LogP contribution in [-0.4, -0.2) is 22.1 Å². The highest BCUT2D eigenvalue weighted by atomic mass is 79.9. The number of nitrogens with one attached hydrogen (secondary N) is 1. The van der Waals surface area contributed by atoms with Crippen LogP contribution in [0.1, 0.15) is 0 Å². The molecule has 16 heavy (non-hydrogen) atoms. The van der Waals surface area contributed by atoms with Crippen molar-refractivity contribution < 1.29 is 13.2 Å². The average molecular weight is 306 g/mol. The molecule has 0 radical (unpaired) electrons. The highest BCUT2D eigenvalue weighted by molar-refractivity contribution is 9.10. The molecule has 0 bridgehead atoms. The van der Waals surface area contributed by atoms with Gasteiger partial charge in [0.25, 0.3) is 0 Å². The number of benzene rings is 1. The second-order valence-corrected chi connectivity index (χ2v) is 5.56. The van der Waals surface area contributed by atoms with Crippen molar-refractivity contribution in [2.45, 2.75) is 4.90 Å². The van der Waals surface area contributed by atoms with Crippen LogP contribution in [0.15, 0.2) is 40.2 Å². The molecule has 0 amide bonds. The third-order valence-corrected chi connectivity index (χ3v) is 3.89. The molecule has 88 valence electrons. The summed E-state index contributed by atoms with van der Waals surface area (Å²) in [5.41, 5.74) is 0. The molecule has 0 aliphatic heterocycles. The Bertz CT molecular complexity index is 485. The zero-order valence-electron chi connectivity index (χ0n) is 8.73. The SMILES string of the molecule is C=CCNS(=O)(=O)c1ccc(OC)c(Br)c1. The maximum absolute atomic E-state index is 11.7. The Hall–Kier alpha value is -0.850. The number of rotatable bonds is 5. The minimum absolute atomic E-state index is 0.182. The van der Waals surface area contributed by atoms with Crippen LogP contribution in [0.4, 0.5) is 0 Å². The predicted octanol–water partition coefficient (Wildman–Crippen LogP) is 1.92. The minimum atomic E-state index is -3.48. The predicted molar refractivity (Wildman–Crippen MR) is 66.1 cm³/mol. The molecule has 0 unspecified atom stereocenters. The summed E-state index contributed by atoms with van der Waals surface area (Å²) < 4.78 is 31.4. The lowest BCUT2D eigenvalue weighted by molar-refractivity contribution is 0.411. The van der Waals surface area contributed by atoms with Gasteiger partial charge in [-0.05, 0) is 34.1 Å². The van der Waals surface area contributed by atoms with Crippen molar-refractivity contribution in [3.05, 3.63) is 35.3 Å². The fourth-order valence-electron chi connectivity index (χ4n) is 1.07. The Balaban J connectivity index is 3.05. The Labute approximate surface area is 103 Å². The number of sulfonamides is 1. The molecule has 0 spiro atoms. The van der Waals surface area contributed by atoms with Gasteiger partial charge in [-0.3, -0.25) is 0 Å². The van der Waals surface area contributed by atoms with Crippen molar-refractivity contribution >= 4 is 26.0 Å². The standard InChI is InChI=1S/C10H12BrNO3S/c1-3-6-12-16(13,14)8-4-5-10(15-2)9(11)7-8/h3-5,7,12H,1,6H2,2H3. The summed E-state index contributed by atoms with van der Waals surface area (Å²) in [6.07, 6.45) is 1.48. The third kappa shape index (κ3) is 3.07. The van der Waals surface area contributed by atoms with E-state index in [0.29, 0.717) is 10.2 Å². The summed E-state index contributed by atoms with van der Waals surface area (Å²) in [5, 5.41) is 0. The van der Waals surface area contributed by atoms with E-state index in [0.717, 1.165) is 0 Å². The molecule has 1 aromatic carbocycles. The first-order valence-electron chi connectivity index (χ1n) is 4.45. The summed E-state index contributed by atoms with van der Waals surface area (Å²) >= 11 is 3.23. The molecular weight excluding hydrogens is 294 g/mol. The minimum Gasteiger partial charge on any atom is -0.496 e. The molecule has 1 aromatic rings. The smallest absolute Gasteiger partial charge is 0.240 e. The van der Waals surface area contributed by atoms with Crippen molar-refractivity contribution in [2.75, 3.05) is 13.7 Å². The van der Waals surface area contributed by atoms with Crippen LogP contribution in [0.5, 0.6) is 5.75 Å². The van der Waals surface area contributed by atoms with Crippen LogP contribution in [0, 0.1) is 0 Å². The van der Waals surface area contributed by atoms with Gasteiger partial charge in [0, 0.05) is 6.54 Å².